The smallest absolute Gasteiger partial charge is 0.550 e. The van der Waals surface area contributed by atoms with Gasteiger partial charge in [-0.2, -0.15) is 0 Å². The summed E-state index contributed by atoms with van der Waals surface area (Å²) in [6.45, 7) is 1.10. The number of aliphatic carboxylic acids is 1. The quantitative estimate of drug-likeness (QED) is 0.376. The van der Waals surface area contributed by atoms with E-state index in [-0.39, 0.29) is 29.6 Å². The predicted molar refractivity (Wildman–Crippen MR) is 110 cm³/mol. The predicted octanol–water partition coefficient (Wildman–Crippen LogP) is -1.69. The van der Waals surface area contributed by atoms with Gasteiger partial charge in [-0.25, -0.2) is 0 Å². The van der Waals surface area contributed by atoms with E-state index in [9.17, 15) is 14.7 Å². The molecule has 158 valence electrons. The number of hydrogen-bond acceptors (Lipinski definition) is 7. The molecule has 3 rings (SSSR count). The first kappa shape index (κ1) is 24.9. The van der Waals surface area contributed by atoms with E-state index in [0.29, 0.717) is 24.7 Å². The van der Waals surface area contributed by atoms with Gasteiger partial charge in [-0.15, -0.1) is 0 Å². The maximum absolute atomic E-state index is 12.2. The zero-order chi connectivity index (χ0) is 21.7. The van der Waals surface area contributed by atoms with Crippen LogP contribution in [-0.2, 0) is 27.5 Å². The van der Waals surface area contributed by atoms with Gasteiger partial charge in [0.1, 0.15) is 11.5 Å². The van der Waals surface area contributed by atoms with Gasteiger partial charge >= 0.3 is 29.6 Å². The molecule has 0 aromatic heterocycles. The summed E-state index contributed by atoms with van der Waals surface area (Å²) in [5.74, 6) is -0.815. The maximum Gasteiger partial charge on any atom is 1.00 e. The summed E-state index contributed by atoms with van der Waals surface area (Å²) in [5.41, 5.74) is 9.90. The van der Waals surface area contributed by atoms with E-state index in [2.05, 4.69) is 5.32 Å². The number of methoxy groups -OCH3 is 2. The number of carboxylic acid groups (broad SMARTS) is 1. The Morgan fingerprint density at radius 2 is 1.84 bits per heavy atom. The zero-order valence-corrected chi connectivity index (χ0v) is 19.8. The molecule has 0 bridgehead atoms. The fourth-order valence-electron chi connectivity index (χ4n) is 3.18. The van der Waals surface area contributed by atoms with E-state index in [1.165, 1.54) is 7.11 Å². The van der Waals surface area contributed by atoms with Crippen LogP contribution in [0.2, 0.25) is 0 Å². The van der Waals surface area contributed by atoms with Crippen LogP contribution < -0.4 is 55.2 Å². The molecule has 1 aliphatic heterocycles. The Balaban J connectivity index is 0.00000341. The molecule has 0 saturated heterocycles. The molecule has 0 radical (unpaired) electrons. The van der Waals surface area contributed by atoms with Crippen molar-refractivity contribution in [2.75, 3.05) is 19.5 Å². The second-order valence-corrected chi connectivity index (χ2v) is 6.82. The van der Waals surface area contributed by atoms with Gasteiger partial charge in [0.2, 0.25) is 5.91 Å². The molecule has 31 heavy (non-hydrogen) atoms. The summed E-state index contributed by atoms with van der Waals surface area (Å²) in [7, 11) is 3.10. The van der Waals surface area contributed by atoms with E-state index in [0.717, 1.165) is 28.0 Å². The van der Waals surface area contributed by atoms with Gasteiger partial charge in [0, 0.05) is 18.0 Å². The molecule has 1 atom stereocenters. The summed E-state index contributed by atoms with van der Waals surface area (Å²) < 4.78 is 16.2. The van der Waals surface area contributed by atoms with Crippen LogP contribution >= 0.6 is 0 Å². The number of benzene rings is 2. The largest absolute Gasteiger partial charge is 1.00 e. The minimum Gasteiger partial charge on any atom is -0.550 e. The van der Waals surface area contributed by atoms with Gasteiger partial charge in [-0.05, 0) is 41.0 Å². The first-order valence-electron chi connectivity index (χ1n) is 9.31. The Morgan fingerprint density at radius 1 is 1.13 bits per heavy atom. The molecule has 1 unspecified atom stereocenters. The van der Waals surface area contributed by atoms with Crippen molar-refractivity contribution in [2.24, 2.45) is 5.73 Å². The van der Waals surface area contributed by atoms with Gasteiger partial charge in [0.25, 0.3) is 0 Å². The molecule has 0 fully saturated rings. The van der Waals surface area contributed by atoms with Crippen molar-refractivity contribution in [3.8, 4) is 11.5 Å². The molecule has 0 saturated carbocycles. The summed E-state index contributed by atoms with van der Waals surface area (Å²) in [5, 5.41) is 13.3. The van der Waals surface area contributed by atoms with E-state index in [1.807, 2.05) is 30.4 Å². The number of ether oxygens (including phenoxy) is 3. The number of carboxylic acids is 1. The zero-order valence-electron chi connectivity index (χ0n) is 17.8. The molecule has 9 heteroatoms. The Bertz CT molecular complexity index is 992. The molecule has 0 aliphatic carbocycles. The molecule has 1 aliphatic rings. The fraction of sp³-hybridized carbons (Fsp3) is 0.273. The summed E-state index contributed by atoms with van der Waals surface area (Å²) in [4.78, 5) is 22.8. The van der Waals surface area contributed by atoms with E-state index in [4.69, 9.17) is 19.9 Å². The van der Waals surface area contributed by atoms with Gasteiger partial charge in [0.15, 0.2) is 0 Å². The summed E-state index contributed by atoms with van der Waals surface area (Å²) >= 11 is 0. The Morgan fingerprint density at radius 3 is 2.52 bits per heavy atom. The second kappa shape index (κ2) is 11.3. The fourth-order valence-corrected chi connectivity index (χ4v) is 3.18. The van der Waals surface area contributed by atoms with Crippen LogP contribution in [0.3, 0.4) is 0 Å². The van der Waals surface area contributed by atoms with Gasteiger partial charge in [-0.3, -0.25) is 4.79 Å². The van der Waals surface area contributed by atoms with Crippen LogP contribution in [0.1, 0.15) is 28.7 Å². The molecule has 8 nitrogen and oxygen atoms in total. The maximum atomic E-state index is 12.2. The van der Waals surface area contributed by atoms with E-state index < -0.39 is 24.3 Å². The standard InChI is InChI=1S/C22H24N2O6.Na/c1-28-19-6-5-13(8-18(19)24-22(27)17(23)10-21(25)26)3-4-14-7-15-11-30-12-16(15)20(9-14)29-2;/h3-9,17H,10-12,23H2,1-2H3,(H,24,27)(H,25,26);/q;+1/p-1/b4-3-;. The Kier molecular flexibility index (Phi) is 9.09. The number of carbonyl (C=O) groups excluding carboxylic acids is 2. The molecular formula is C22H23N2NaO6. The number of hydrogen-bond donors (Lipinski definition) is 2. The summed E-state index contributed by atoms with van der Waals surface area (Å²) in [6.07, 6.45) is 3.24. The van der Waals surface area contributed by atoms with Crippen LogP contribution in [-0.4, -0.2) is 32.1 Å². The number of rotatable bonds is 8. The van der Waals surface area contributed by atoms with Crippen molar-refractivity contribution < 1.29 is 58.5 Å². The average Bonchev–Trinajstić information content (AvgIpc) is 3.20. The van der Waals surface area contributed by atoms with Crippen molar-refractivity contribution in [1.29, 1.82) is 0 Å². The number of amides is 1. The molecule has 0 spiro atoms. The molecule has 3 N–H and O–H groups in total. The monoisotopic (exact) mass is 434 g/mol. The minimum absolute atomic E-state index is 0. The number of anilines is 1. The van der Waals surface area contributed by atoms with Crippen molar-refractivity contribution in [1.82, 2.24) is 0 Å². The SMILES string of the molecule is COc1ccc(/C=C\c2cc3c(c(OC)c2)COC3)cc1NC(=O)C(N)CC(=O)[O-].[Na+]. The summed E-state index contributed by atoms with van der Waals surface area (Å²) in [6, 6.07) is 8.02. The van der Waals surface area contributed by atoms with Crippen LogP contribution in [0, 0.1) is 0 Å². The number of nitrogens with one attached hydrogen (secondary N) is 1. The van der Waals surface area contributed by atoms with Crippen molar-refractivity contribution in [2.45, 2.75) is 25.7 Å². The van der Waals surface area contributed by atoms with Gasteiger partial charge < -0.3 is 35.2 Å². The molecule has 1 amide bonds. The number of carbonyl (C=O) groups is 2. The molecule has 1 heterocycles. The topological polar surface area (TPSA) is 123 Å². The van der Waals surface area contributed by atoms with E-state index >= 15 is 0 Å². The normalized spacial score (nSPS) is 13.3. The van der Waals surface area contributed by atoms with Crippen molar-refractivity contribution in [3.05, 3.63) is 52.6 Å². The van der Waals surface area contributed by atoms with Crippen LogP contribution in [0.25, 0.3) is 12.2 Å². The first-order chi connectivity index (χ1) is 14.4. The van der Waals surface area contributed by atoms with Gasteiger partial charge in [0.05, 0.1) is 39.2 Å². The first-order valence-corrected chi connectivity index (χ1v) is 9.31. The van der Waals surface area contributed by atoms with Gasteiger partial charge in [-0.1, -0.05) is 18.2 Å². The van der Waals surface area contributed by atoms with Crippen LogP contribution in [0.4, 0.5) is 5.69 Å². The van der Waals surface area contributed by atoms with Crippen LogP contribution in [0.5, 0.6) is 11.5 Å². The number of fused-ring (bicyclic) bond motifs is 1. The average molecular weight is 434 g/mol. The Hall–Kier alpha value is -2.36. The third-order valence-corrected chi connectivity index (χ3v) is 4.72. The number of nitrogens with two attached hydrogens (primary N) is 1. The third-order valence-electron chi connectivity index (χ3n) is 4.72. The minimum atomic E-state index is -1.39. The molecule has 2 aromatic carbocycles. The molecule has 2 aromatic rings. The third kappa shape index (κ3) is 6.32. The second-order valence-electron chi connectivity index (χ2n) is 6.82. The van der Waals surface area contributed by atoms with E-state index in [1.54, 1.807) is 19.2 Å². The Labute approximate surface area is 202 Å². The molecular weight excluding hydrogens is 411 g/mol. The van der Waals surface area contributed by atoms with Crippen molar-refractivity contribution in [3.63, 3.8) is 0 Å². The van der Waals surface area contributed by atoms with Crippen LogP contribution in [0.15, 0.2) is 30.3 Å². The van der Waals surface area contributed by atoms with Crippen molar-refractivity contribution >= 4 is 29.7 Å².